The Bertz CT molecular complexity index is 269. The SMILES string of the molecule is C#CC(CCC)N1CC(C(C)CC)NCC1CC. The number of rotatable bonds is 6. The van der Waals surface area contributed by atoms with Crippen LogP contribution in [-0.2, 0) is 0 Å². The van der Waals surface area contributed by atoms with Crippen molar-refractivity contribution in [1.29, 1.82) is 0 Å². The average molecular weight is 250 g/mol. The van der Waals surface area contributed by atoms with Crippen LogP contribution in [0.25, 0.3) is 0 Å². The zero-order valence-electron chi connectivity index (χ0n) is 12.6. The van der Waals surface area contributed by atoms with Gasteiger partial charge in [-0.2, -0.15) is 0 Å². The van der Waals surface area contributed by atoms with E-state index in [1.54, 1.807) is 0 Å². The summed E-state index contributed by atoms with van der Waals surface area (Å²) in [6.45, 7) is 11.3. The van der Waals surface area contributed by atoms with Crippen molar-refractivity contribution in [1.82, 2.24) is 10.2 Å². The molecule has 0 aliphatic carbocycles. The van der Waals surface area contributed by atoms with Crippen molar-refractivity contribution in [2.24, 2.45) is 5.92 Å². The summed E-state index contributed by atoms with van der Waals surface area (Å²) in [7, 11) is 0. The highest BCUT2D eigenvalue weighted by molar-refractivity contribution is 5.04. The van der Waals surface area contributed by atoms with Gasteiger partial charge >= 0.3 is 0 Å². The molecule has 0 bridgehead atoms. The second-order valence-corrected chi connectivity index (χ2v) is 5.63. The monoisotopic (exact) mass is 250 g/mol. The highest BCUT2D eigenvalue weighted by Crippen LogP contribution is 2.21. The summed E-state index contributed by atoms with van der Waals surface area (Å²) in [4.78, 5) is 2.58. The van der Waals surface area contributed by atoms with Gasteiger partial charge in [0, 0.05) is 25.2 Å². The number of hydrogen-bond donors (Lipinski definition) is 1. The Labute approximate surface area is 114 Å². The van der Waals surface area contributed by atoms with E-state index in [0.29, 0.717) is 18.1 Å². The molecule has 1 rings (SSSR count). The highest BCUT2D eigenvalue weighted by atomic mass is 15.3. The van der Waals surface area contributed by atoms with Crippen molar-refractivity contribution in [3.8, 4) is 12.3 Å². The van der Waals surface area contributed by atoms with Crippen molar-refractivity contribution in [2.45, 2.75) is 71.5 Å². The number of nitrogens with one attached hydrogen (secondary N) is 1. The summed E-state index contributed by atoms with van der Waals surface area (Å²) >= 11 is 0. The van der Waals surface area contributed by atoms with E-state index in [0.717, 1.165) is 25.4 Å². The van der Waals surface area contributed by atoms with Crippen LogP contribution in [0, 0.1) is 18.3 Å². The fraction of sp³-hybridized carbons (Fsp3) is 0.875. The molecule has 0 aromatic carbocycles. The molecule has 1 heterocycles. The van der Waals surface area contributed by atoms with E-state index in [4.69, 9.17) is 6.42 Å². The predicted octanol–water partition coefficient (Wildman–Crippen LogP) is 2.89. The zero-order chi connectivity index (χ0) is 13.5. The lowest BCUT2D eigenvalue weighted by Crippen LogP contribution is -2.60. The van der Waals surface area contributed by atoms with Gasteiger partial charge in [-0.25, -0.2) is 0 Å². The molecule has 1 fully saturated rings. The summed E-state index contributed by atoms with van der Waals surface area (Å²) in [5.41, 5.74) is 0. The first-order valence-electron chi connectivity index (χ1n) is 7.63. The maximum absolute atomic E-state index is 5.75. The molecule has 0 radical (unpaired) electrons. The Kier molecular flexibility index (Phi) is 6.75. The van der Waals surface area contributed by atoms with Gasteiger partial charge < -0.3 is 5.32 Å². The van der Waals surface area contributed by atoms with Gasteiger partial charge in [-0.3, -0.25) is 4.90 Å². The van der Waals surface area contributed by atoms with E-state index in [9.17, 15) is 0 Å². The molecule has 0 aromatic heterocycles. The van der Waals surface area contributed by atoms with Crippen LogP contribution in [0.5, 0.6) is 0 Å². The first kappa shape index (κ1) is 15.5. The molecule has 4 atom stereocenters. The van der Waals surface area contributed by atoms with Crippen molar-refractivity contribution in [2.75, 3.05) is 13.1 Å². The van der Waals surface area contributed by atoms with Gasteiger partial charge in [0.2, 0.25) is 0 Å². The van der Waals surface area contributed by atoms with E-state index < -0.39 is 0 Å². The van der Waals surface area contributed by atoms with Crippen molar-refractivity contribution < 1.29 is 0 Å². The van der Waals surface area contributed by atoms with Crippen molar-refractivity contribution in [3.63, 3.8) is 0 Å². The summed E-state index contributed by atoms with van der Waals surface area (Å²) in [5, 5.41) is 3.71. The van der Waals surface area contributed by atoms with E-state index in [2.05, 4.69) is 43.8 Å². The quantitative estimate of drug-likeness (QED) is 0.729. The fourth-order valence-electron chi connectivity index (χ4n) is 2.89. The van der Waals surface area contributed by atoms with Crippen LogP contribution >= 0.6 is 0 Å². The van der Waals surface area contributed by atoms with Gasteiger partial charge in [0.1, 0.15) is 0 Å². The zero-order valence-corrected chi connectivity index (χ0v) is 12.6. The lowest BCUT2D eigenvalue weighted by atomic mass is 9.93. The maximum atomic E-state index is 5.75. The predicted molar refractivity (Wildman–Crippen MR) is 79.6 cm³/mol. The maximum Gasteiger partial charge on any atom is 0.0715 e. The molecule has 0 aromatic rings. The molecule has 2 heteroatoms. The lowest BCUT2D eigenvalue weighted by Gasteiger charge is -2.44. The molecule has 18 heavy (non-hydrogen) atoms. The molecular formula is C16H30N2. The molecule has 1 aliphatic rings. The van der Waals surface area contributed by atoms with E-state index in [-0.39, 0.29) is 0 Å². The van der Waals surface area contributed by atoms with Crippen LogP contribution in [0.1, 0.15) is 53.4 Å². The van der Waals surface area contributed by atoms with Gasteiger partial charge in [-0.1, -0.05) is 46.5 Å². The second-order valence-electron chi connectivity index (χ2n) is 5.63. The number of nitrogens with zero attached hydrogens (tertiary/aromatic N) is 1. The Balaban J connectivity index is 2.72. The Hall–Kier alpha value is -0.520. The normalized spacial score (nSPS) is 28.6. The minimum Gasteiger partial charge on any atom is -0.311 e. The van der Waals surface area contributed by atoms with Crippen LogP contribution in [0.15, 0.2) is 0 Å². The Morgan fingerprint density at radius 3 is 2.61 bits per heavy atom. The molecule has 1 saturated heterocycles. The number of hydrogen-bond acceptors (Lipinski definition) is 2. The third-order valence-electron chi connectivity index (χ3n) is 4.45. The van der Waals surface area contributed by atoms with Crippen molar-refractivity contribution in [3.05, 3.63) is 0 Å². The number of terminal acetylenes is 1. The fourth-order valence-corrected chi connectivity index (χ4v) is 2.89. The third-order valence-corrected chi connectivity index (χ3v) is 4.45. The van der Waals surface area contributed by atoms with Crippen molar-refractivity contribution >= 4 is 0 Å². The smallest absolute Gasteiger partial charge is 0.0715 e. The average Bonchev–Trinajstić information content (AvgIpc) is 2.43. The summed E-state index contributed by atoms with van der Waals surface area (Å²) in [6.07, 6.45) is 10.5. The van der Waals surface area contributed by atoms with E-state index in [1.807, 2.05) is 0 Å². The van der Waals surface area contributed by atoms with Gasteiger partial charge in [-0.05, 0) is 18.8 Å². The Morgan fingerprint density at radius 2 is 2.11 bits per heavy atom. The molecule has 0 saturated carbocycles. The van der Waals surface area contributed by atoms with E-state index >= 15 is 0 Å². The highest BCUT2D eigenvalue weighted by Gasteiger charge is 2.32. The molecule has 1 aliphatic heterocycles. The Morgan fingerprint density at radius 1 is 1.39 bits per heavy atom. The van der Waals surface area contributed by atoms with Gasteiger partial charge in [0.05, 0.1) is 6.04 Å². The summed E-state index contributed by atoms with van der Waals surface area (Å²) in [5.74, 6) is 3.74. The molecule has 1 N–H and O–H groups in total. The van der Waals surface area contributed by atoms with Gasteiger partial charge in [-0.15, -0.1) is 6.42 Å². The van der Waals surface area contributed by atoms with Gasteiger partial charge in [0.25, 0.3) is 0 Å². The molecular weight excluding hydrogens is 220 g/mol. The number of piperazine rings is 1. The molecule has 2 nitrogen and oxygen atoms in total. The van der Waals surface area contributed by atoms with Crippen LogP contribution in [0.2, 0.25) is 0 Å². The summed E-state index contributed by atoms with van der Waals surface area (Å²) in [6, 6.07) is 1.54. The molecule has 4 unspecified atom stereocenters. The van der Waals surface area contributed by atoms with Gasteiger partial charge in [0.15, 0.2) is 0 Å². The molecule has 0 amide bonds. The lowest BCUT2D eigenvalue weighted by molar-refractivity contribution is 0.0814. The minimum absolute atomic E-state index is 0.327. The first-order valence-corrected chi connectivity index (χ1v) is 7.63. The summed E-state index contributed by atoms with van der Waals surface area (Å²) < 4.78 is 0. The van der Waals surface area contributed by atoms with Crippen LogP contribution in [0.3, 0.4) is 0 Å². The minimum atomic E-state index is 0.327. The largest absolute Gasteiger partial charge is 0.311 e. The standard InChI is InChI=1S/C16H30N2/c1-6-10-14(8-3)18-12-16(13(5)7-2)17-11-15(18)9-4/h3,13-17H,6-7,9-12H2,1-2,4-5H3. The van der Waals surface area contributed by atoms with E-state index in [1.165, 1.54) is 19.3 Å². The van der Waals surface area contributed by atoms with Crippen LogP contribution < -0.4 is 5.32 Å². The molecule has 104 valence electrons. The molecule has 0 spiro atoms. The topological polar surface area (TPSA) is 15.3 Å². The van der Waals surface area contributed by atoms with Crippen LogP contribution in [0.4, 0.5) is 0 Å². The second kappa shape index (κ2) is 7.81. The van der Waals surface area contributed by atoms with Crippen LogP contribution in [-0.4, -0.2) is 36.1 Å². The first-order chi connectivity index (χ1) is 8.67. The third kappa shape index (κ3) is 3.73.